The van der Waals surface area contributed by atoms with E-state index in [9.17, 15) is 9.59 Å². The van der Waals surface area contributed by atoms with Crippen LogP contribution in [0.1, 0.15) is 27.8 Å². The Morgan fingerprint density at radius 2 is 2.26 bits per heavy atom. The molecule has 0 fully saturated rings. The molecule has 0 saturated carbocycles. The molecular formula is C11H13N5O3. The number of H-pyrrole nitrogens is 1. The molecule has 1 unspecified atom stereocenters. The van der Waals surface area contributed by atoms with E-state index in [1.807, 2.05) is 0 Å². The van der Waals surface area contributed by atoms with Crippen molar-refractivity contribution >= 4 is 11.9 Å². The van der Waals surface area contributed by atoms with E-state index in [1.165, 1.54) is 23.1 Å². The summed E-state index contributed by atoms with van der Waals surface area (Å²) >= 11 is 0. The predicted octanol–water partition coefficient (Wildman–Crippen LogP) is 0.00732. The fourth-order valence-electron chi connectivity index (χ4n) is 1.62. The van der Waals surface area contributed by atoms with Crippen LogP contribution >= 0.6 is 0 Å². The van der Waals surface area contributed by atoms with Crippen molar-refractivity contribution in [1.82, 2.24) is 25.3 Å². The Balaban J connectivity index is 2.18. The van der Waals surface area contributed by atoms with Crippen LogP contribution in [-0.2, 0) is 11.8 Å². The SMILES string of the molecule is Cc1cc(C(=O)NC(C(=O)O)c2cnn(C)c2)n[nH]1. The van der Waals surface area contributed by atoms with Gasteiger partial charge < -0.3 is 10.4 Å². The van der Waals surface area contributed by atoms with Crippen LogP contribution in [-0.4, -0.2) is 37.0 Å². The Kier molecular flexibility index (Phi) is 3.32. The number of carboxylic acid groups (broad SMARTS) is 1. The van der Waals surface area contributed by atoms with Gasteiger partial charge in [-0.1, -0.05) is 0 Å². The lowest BCUT2D eigenvalue weighted by Gasteiger charge is -2.11. The molecule has 1 atom stereocenters. The average Bonchev–Trinajstić information content (AvgIpc) is 2.94. The summed E-state index contributed by atoms with van der Waals surface area (Å²) < 4.78 is 1.47. The maximum atomic E-state index is 11.9. The molecule has 2 aromatic heterocycles. The summed E-state index contributed by atoms with van der Waals surface area (Å²) in [6.07, 6.45) is 2.93. The standard InChI is InChI=1S/C11H13N5O3/c1-6-3-8(15-14-6)10(17)13-9(11(18)19)7-4-12-16(2)5-7/h3-5,9H,1-2H3,(H,13,17)(H,14,15)(H,18,19). The topological polar surface area (TPSA) is 113 Å². The minimum atomic E-state index is -1.16. The lowest BCUT2D eigenvalue weighted by atomic mass is 10.1. The van der Waals surface area contributed by atoms with Crippen molar-refractivity contribution in [3.63, 3.8) is 0 Å². The van der Waals surface area contributed by atoms with E-state index in [1.54, 1.807) is 14.0 Å². The van der Waals surface area contributed by atoms with Crippen molar-refractivity contribution in [1.29, 1.82) is 0 Å². The Hall–Kier alpha value is -2.64. The van der Waals surface area contributed by atoms with Gasteiger partial charge in [-0.15, -0.1) is 0 Å². The number of carboxylic acids is 1. The zero-order valence-corrected chi connectivity index (χ0v) is 10.4. The highest BCUT2D eigenvalue weighted by Crippen LogP contribution is 2.12. The summed E-state index contributed by atoms with van der Waals surface area (Å²) in [6.45, 7) is 1.75. The van der Waals surface area contributed by atoms with Crippen LogP contribution < -0.4 is 5.32 Å². The van der Waals surface area contributed by atoms with Crippen LogP contribution in [0.25, 0.3) is 0 Å². The van der Waals surface area contributed by atoms with Crippen LogP contribution in [0.2, 0.25) is 0 Å². The molecule has 0 aliphatic carbocycles. The monoisotopic (exact) mass is 263 g/mol. The van der Waals surface area contributed by atoms with Gasteiger partial charge in [-0.2, -0.15) is 10.2 Å². The van der Waals surface area contributed by atoms with Crippen LogP contribution in [0.4, 0.5) is 0 Å². The first-order valence-corrected chi connectivity index (χ1v) is 5.51. The molecule has 0 saturated heterocycles. The van der Waals surface area contributed by atoms with Crippen molar-refractivity contribution < 1.29 is 14.7 Å². The number of carbonyl (C=O) groups excluding carboxylic acids is 1. The third kappa shape index (κ3) is 2.79. The van der Waals surface area contributed by atoms with Crippen LogP contribution in [0, 0.1) is 6.92 Å². The van der Waals surface area contributed by atoms with Gasteiger partial charge in [0.15, 0.2) is 6.04 Å². The number of aryl methyl sites for hydroxylation is 2. The fourth-order valence-corrected chi connectivity index (χ4v) is 1.62. The van der Waals surface area contributed by atoms with Crippen molar-refractivity contribution in [2.45, 2.75) is 13.0 Å². The van der Waals surface area contributed by atoms with Gasteiger partial charge in [0.25, 0.3) is 5.91 Å². The number of aromatic nitrogens is 4. The van der Waals surface area contributed by atoms with Gasteiger partial charge >= 0.3 is 5.97 Å². The predicted molar refractivity (Wildman–Crippen MR) is 64.4 cm³/mol. The van der Waals surface area contributed by atoms with E-state index in [2.05, 4.69) is 20.6 Å². The number of hydrogen-bond donors (Lipinski definition) is 3. The average molecular weight is 263 g/mol. The Bertz CT molecular complexity index is 615. The molecule has 2 rings (SSSR count). The molecule has 0 aromatic carbocycles. The molecule has 0 bridgehead atoms. The molecule has 19 heavy (non-hydrogen) atoms. The van der Waals surface area contributed by atoms with Gasteiger partial charge in [-0.3, -0.25) is 14.6 Å². The smallest absolute Gasteiger partial charge is 0.331 e. The summed E-state index contributed by atoms with van der Waals surface area (Å²) in [4.78, 5) is 23.1. The maximum Gasteiger partial charge on any atom is 0.331 e. The van der Waals surface area contributed by atoms with Crippen molar-refractivity contribution in [2.24, 2.45) is 7.05 Å². The summed E-state index contributed by atoms with van der Waals surface area (Å²) in [7, 11) is 1.67. The van der Waals surface area contributed by atoms with Gasteiger partial charge in [0, 0.05) is 24.5 Å². The summed E-state index contributed by atoms with van der Waals surface area (Å²) in [5.74, 6) is -1.71. The second kappa shape index (κ2) is 4.92. The number of amides is 1. The number of aliphatic carboxylic acids is 1. The fraction of sp³-hybridized carbons (Fsp3) is 0.273. The third-order valence-electron chi connectivity index (χ3n) is 2.52. The van der Waals surface area contributed by atoms with Crippen molar-refractivity contribution in [2.75, 3.05) is 0 Å². The van der Waals surface area contributed by atoms with Crippen LogP contribution in [0.5, 0.6) is 0 Å². The molecule has 8 nitrogen and oxygen atoms in total. The van der Waals surface area contributed by atoms with Crippen molar-refractivity contribution in [3.05, 3.63) is 35.4 Å². The highest BCUT2D eigenvalue weighted by atomic mass is 16.4. The number of aromatic amines is 1. The van der Waals surface area contributed by atoms with E-state index in [-0.39, 0.29) is 5.69 Å². The zero-order valence-electron chi connectivity index (χ0n) is 10.4. The van der Waals surface area contributed by atoms with Crippen molar-refractivity contribution in [3.8, 4) is 0 Å². The maximum absolute atomic E-state index is 11.9. The largest absolute Gasteiger partial charge is 0.479 e. The first-order chi connectivity index (χ1) is 8.97. The number of carbonyl (C=O) groups is 2. The van der Waals surface area contributed by atoms with E-state index >= 15 is 0 Å². The van der Waals surface area contributed by atoms with E-state index in [0.29, 0.717) is 5.56 Å². The molecule has 0 aliphatic heterocycles. The lowest BCUT2D eigenvalue weighted by Crippen LogP contribution is -2.33. The molecule has 2 heterocycles. The van der Waals surface area contributed by atoms with Gasteiger partial charge in [-0.25, -0.2) is 4.79 Å². The quantitative estimate of drug-likeness (QED) is 0.719. The third-order valence-corrected chi connectivity index (χ3v) is 2.52. The Labute approximate surface area is 108 Å². The van der Waals surface area contributed by atoms with Gasteiger partial charge in [0.05, 0.1) is 6.20 Å². The zero-order chi connectivity index (χ0) is 14.0. The van der Waals surface area contributed by atoms with E-state index in [0.717, 1.165) is 5.69 Å². The van der Waals surface area contributed by atoms with E-state index < -0.39 is 17.9 Å². The summed E-state index contributed by atoms with van der Waals surface area (Å²) in [5.41, 5.74) is 1.27. The summed E-state index contributed by atoms with van der Waals surface area (Å²) in [6, 6.07) is 0.385. The number of rotatable bonds is 4. The van der Waals surface area contributed by atoms with Gasteiger partial charge in [0.1, 0.15) is 5.69 Å². The molecule has 1 amide bonds. The normalized spacial score (nSPS) is 12.1. The highest BCUT2D eigenvalue weighted by Gasteiger charge is 2.24. The van der Waals surface area contributed by atoms with Crippen LogP contribution in [0.3, 0.4) is 0 Å². The first-order valence-electron chi connectivity index (χ1n) is 5.51. The molecule has 0 aliphatic rings. The second-order valence-electron chi connectivity index (χ2n) is 4.13. The molecule has 3 N–H and O–H groups in total. The number of hydrogen-bond acceptors (Lipinski definition) is 4. The van der Waals surface area contributed by atoms with Gasteiger partial charge in [-0.05, 0) is 13.0 Å². The lowest BCUT2D eigenvalue weighted by molar-refractivity contribution is -0.139. The number of nitrogens with one attached hydrogen (secondary N) is 2. The second-order valence-corrected chi connectivity index (χ2v) is 4.13. The molecule has 8 heteroatoms. The Morgan fingerprint density at radius 1 is 1.53 bits per heavy atom. The summed E-state index contributed by atoms with van der Waals surface area (Å²) in [5, 5.41) is 21.8. The molecule has 100 valence electrons. The van der Waals surface area contributed by atoms with E-state index in [4.69, 9.17) is 5.11 Å². The molecule has 0 radical (unpaired) electrons. The minimum Gasteiger partial charge on any atom is -0.479 e. The van der Waals surface area contributed by atoms with Crippen LogP contribution in [0.15, 0.2) is 18.5 Å². The van der Waals surface area contributed by atoms with Gasteiger partial charge in [0.2, 0.25) is 0 Å². The molecule has 2 aromatic rings. The molecular weight excluding hydrogens is 250 g/mol. The minimum absolute atomic E-state index is 0.146. The number of nitrogens with zero attached hydrogens (tertiary/aromatic N) is 3. The Morgan fingerprint density at radius 3 is 2.74 bits per heavy atom. The highest BCUT2D eigenvalue weighted by molar-refractivity contribution is 5.95. The first kappa shape index (κ1) is 12.8. The molecule has 0 spiro atoms.